The molecule has 0 saturated carbocycles. The zero-order valence-electron chi connectivity index (χ0n) is 12.9. The Kier molecular flexibility index (Phi) is 6.72. The van der Waals surface area contributed by atoms with E-state index in [1.54, 1.807) is 26.0 Å². The largest absolute Gasteiger partial charge is 0.508 e. The zero-order chi connectivity index (χ0) is 15.8. The summed E-state index contributed by atoms with van der Waals surface area (Å²) in [5.74, 6) is -0.379. The summed E-state index contributed by atoms with van der Waals surface area (Å²) in [5.41, 5.74) is 1.68. The van der Waals surface area contributed by atoms with E-state index in [2.05, 4.69) is 11.7 Å². The quantitative estimate of drug-likeness (QED) is 0.753. The molecule has 2 unspecified atom stereocenters. The van der Waals surface area contributed by atoms with Crippen LogP contribution in [0.4, 0.5) is 4.79 Å². The van der Waals surface area contributed by atoms with Crippen LogP contribution >= 0.6 is 0 Å². The van der Waals surface area contributed by atoms with Crippen LogP contribution in [0.5, 0.6) is 0 Å². The fraction of sp³-hybridized carbons (Fsp3) is 0.500. The lowest BCUT2D eigenvalue weighted by atomic mass is 10.1. The van der Waals surface area contributed by atoms with Gasteiger partial charge in [0.15, 0.2) is 0 Å². The maximum Gasteiger partial charge on any atom is 0.508 e. The van der Waals surface area contributed by atoms with Crippen LogP contribution in [0.25, 0.3) is 0 Å². The van der Waals surface area contributed by atoms with E-state index in [0.29, 0.717) is 12.0 Å². The van der Waals surface area contributed by atoms with Gasteiger partial charge < -0.3 is 14.2 Å². The van der Waals surface area contributed by atoms with Crippen LogP contribution in [0.3, 0.4) is 0 Å². The van der Waals surface area contributed by atoms with Gasteiger partial charge in [-0.3, -0.25) is 0 Å². The first-order valence-electron chi connectivity index (χ1n) is 7.00. The summed E-state index contributed by atoms with van der Waals surface area (Å²) in [5, 5.41) is 0. The number of ether oxygens (including phenoxy) is 3. The van der Waals surface area contributed by atoms with Crippen LogP contribution in [-0.4, -0.2) is 31.4 Å². The average Bonchev–Trinajstić information content (AvgIpc) is 2.46. The zero-order valence-corrected chi connectivity index (χ0v) is 12.9. The lowest BCUT2D eigenvalue weighted by Crippen LogP contribution is -2.23. The minimum Gasteiger partial charge on any atom is -0.459 e. The number of esters is 1. The predicted octanol–water partition coefficient (Wildman–Crippen LogP) is 3.36. The van der Waals surface area contributed by atoms with Crippen molar-refractivity contribution >= 4 is 12.1 Å². The molecule has 0 saturated heterocycles. The van der Waals surface area contributed by atoms with E-state index >= 15 is 0 Å². The van der Waals surface area contributed by atoms with E-state index in [1.165, 1.54) is 12.7 Å². The molecule has 5 nitrogen and oxygen atoms in total. The first-order valence-corrected chi connectivity index (χ1v) is 7.00. The summed E-state index contributed by atoms with van der Waals surface area (Å²) < 4.78 is 14.7. The van der Waals surface area contributed by atoms with Gasteiger partial charge in [-0.05, 0) is 38.0 Å². The maximum atomic E-state index is 12.0. The molecule has 1 aromatic rings. The molecule has 0 fully saturated rings. The molecule has 0 heterocycles. The molecule has 1 rings (SSSR count). The molecular weight excluding hydrogens is 272 g/mol. The highest BCUT2D eigenvalue weighted by molar-refractivity contribution is 5.89. The van der Waals surface area contributed by atoms with Crippen LogP contribution in [0.2, 0.25) is 0 Å². The Morgan fingerprint density at radius 3 is 2.14 bits per heavy atom. The van der Waals surface area contributed by atoms with Crippen molar-refractivity contribution in [3.05, 3.63) is 35.4 Å². The number of hydrogen-bond donors (Lipinski definition) is 0. The van der Waals surface area contributed by atoms with Gasteiger partial charge in [-0.25, -0.2) is 9.59 Å². The van der Waals surface area contributed by atoms with Gasteiger partial charge in [-0.2, -0.15) is 0 Å². The Hall–Kier alpha value is -2.04. The average molecular weight is 294 g/mol. The fourth-order valence-corrected chi connectivity index (χ4v) is 1.90. The fourth-order valence-electron chi connectivity index (χ4n) is 1.90. The normalized spacial score (nSPS) is 13.1. The third-order valence-corrected chi connectivity index (χ3v) is 3.03. The number of carbonyl (C=O) groups excluding carboxylic acids is 2. The van der Waals surface area contributed by atoms with E-state index in [0.717, 1.165) is 6.42 Å². The second-order valence-corrected chi connectivity index (χ2v) is 4.88. The van der Waals surface area contributed by atoms with Crippen molar-refractivity contribution < 1.29 is 23.8 Å². The lowest BCUT2D eigenvalue weighted by molar-refractivity contribution is 0.00601. The van der Waals surface area contributed by atoms with Crippen molar-refractivity contribution in [2.24, 2.45) is 0 Å². The molecular formula is C16H22O5. The molecule has 1 aromatic carbocycles. The number of methoxy groups -OCH3 is 1. The Balaban J connectivity index is 2.47. The number of hydrogen-bond acceptors (Lipinski definition) is 5. The van der Waals surface area contributed by atoms with Gasteiger partial charge in [0, 0.05) is 6.42 Å². The first-order chi connectivity index (χ1) is 9.96. The molecule has 0 aliphatic heterocycles. The van der Waals surface area contributed by atoms with Gasteiger partial charge in [-0.15, -0.1) is 0 Å². The predicted molar refractivity (Wildman–Crippen MR) is 78.3 cm³/mol. The Morgan fingerprint density at radius 1 is 1.05 bits per heavy atom. The molecule has 0 aromatic heterocycles. The molecule has 0 spiro atoms. The minimum atomic E-state index is -0.740. The third kappa shape index (κ3) is 5.85. The molecule has 2 atom stereocenters. The molecule has 0 aliphatic rings. The van der Waals surface area contributed by atoms with Gasteiger partial charge in [0.1, 0.15) is 12.2 Å². The molecule has 0 aliphatic carbocycles. The SMILES string of the molecule is CCc1ccc(C(=O)OC(C)CC(C)OC(=O)OC)cc1. The number of rotatable bonds is 6. The molecule has 0 N–H and O–H groups in total. The highest BCUT2D eigenvalue weighted by Gasteiger charge is 2.17. The van der Waals surface area contributed by atoms with Crippen LogP contribution < -0.4 is 0 Å². The van der Waals surface area contributed by atoms with Crippen molar-refractivity contribution in [3.63, 3.8) is 0 Å². The monoisotopic (exact) mass is 294 g/mol. The van der Waals surface area contributed by atoms with E-state index < -0.39 is 6.16 Å². The number of carbonyl (C=O) groups is 2. The number of benzene rings is 1. The second kappa shape index (κ2) is 8.29. The summed E-state index contributed by atoms with van der Waals surface area (Å²) in [4.78, 5) is 22.9. The summed E-state index contributed by atoms with van der Waals surface area (Å²) in [6.45, 7) is 5.53. The summed E-state index contributed by atoms with van der Waals surface area (Å²) >= 11 is 0. The second-order valence-electron chi connectivity index (χ2n) is 4.88. The van der Waals surface area contributed by atoms with Gasteiger partial charge in [0.2, 0.25) is 0 Å². The lowest BCUT2D eigenvalue weighted by Gasteiger charge is -2.18. The summed E-state index contributed by atoms with van der Waals surface area (Å²) in [6.07, 6.45) is -0.149. The molecule has 0 amide bonds. The van der Waals surface area contributed by atoms with Gasteiger partial charge in [-0.1, -0.05) is 19.1 Å². The van der Waals surface area contributed by atoms with E-state index in [4.69, 9.17) is 9.47 Å². The first kappa shape index (κ1) is 17.0. The van der Waals surface area contributed by atoms with Gasteiger partial charge >= 0.3 is 12.1 Å². The molecule has 21 heavy (non-hydrogen) atoms. The topological polar surface area (TPSA) is 61.8 Å². The Labute approximate surface area is 125 Å². The van der Waals surface area contributed by atoms with Crippen LogP contribution in [-0.2, 0) is 20.6 Å². The minimum absolute atomic E-state index is 0.358. The smallest absolute Gasteiger partial charge is 0.459 e. The standard InChI is InChI=1S/C16H22O5/c1-5-13-6-8-14(9-7-13)15(17)20-11(2)10-12(3)21-16(18)19-4/h6-9,11-12H,5,10H2,1-4H3. The molecule has 0 radical (unpaired) electrons. The van der Waals surface area contributed by atoms with Crippen LogP contribution in [0.15, 0.2) is 24.3 Å². The molecule has 5 heteroatoms. The maximum absolute atomic E-state index is 12.0. The van der Waals surface area contributed by atoms with Crippen molar-refractivity contribution in [2.45, 2.75) is 45.8 Å². The summed E-state index contributed by atoms with van der Waals surface area (Å²) in [6, 6.07) is 7.32. The summed E-state index contributed by atoms with van der Waals surface area (Å²) in [7, 11) is 1.25. The molecule has 116 valence electrons. The van der Waals surface area contributed by atoms with Crippen molar-refractivity contribution in [3.8, 4) is 0 Å². The van der Waals surface area contributed by atoms with E-state index in [-0.39, 0.29) is 18.2 Å². The van der Waals surface area contributed by atoms with Gasteiger partial charge in [0.25, 0.3) is 0 Å². The highest BCUT2D eigenvalue weighted by Crippen LogP contribution is 2.11. The third-order valence-electron chi connectivity index (χ3n) is 3.03. The molecule has 0 bridgehead atoms. The van der Waals surface area contributed by atoms with Crippen molar-refractivity contribution in [1.82, 2.24) is 0 Å². The Bertz CT molecular complexity index is 466. The highest BCUT2D eigenvalue weighted by atomic mass is 16.7. The van der Waals surface area contributed by atoms with E-state index in [9.17, 15) is 9.59 Å². The van der Waals surface area contributed by atoms with Crippen molar-refractivity contribution in [2.75, 3.05) is 7.11 Å². The van der Waals surface area contributed by atoms with Crippen LogP contribution in [0.1, 0.15) is 43.1 Å². The van der Waals surface area contributed by atoms with Crippen molar-refractivity contribution in [1.29, 1.82) is 0 Å². The van der Waals surface area contributed by atoms with E-state index in [1.807, 2.05) is 12.1 Å². The number of aryl methyl sites for hydroxylation is 1. The van der Waals surface area contributed by atoms with Gasteiger partial charge in [0.05, 0.1) is 12.7 Å². The Morgan fingerprint density at radius 2 is 1.62 bits per heavy atom. The van der Waals surface area contributed by atoms with Crippen LogP contribution in [0, 0.1) is 0 Å².